The van der Waals surface area contributed by atoms with E-state index in [1.54, 1.807) is 18.7 Å². The van der Waals surface area contributed by atoms with Gasteiger partial charge in [-0.1, -0.05) is 27.7 Å². The predicted molar refractivity (Wildman–Crippen MR) is 68.5 cm³/mol. The maximum absolute atomic E-state index is 13.3. The Morgan fingerprint density at radius 2 is 1.56 bits per heavy atom. The predicted octanol–water partition coefficient (Wildman–Crippen LogP) is 4.47. The van der Waals surface area contributed by atoms with E-state index in [0.29, 0.717) is 5.92 Å². The fourth-order valence-electron chi connectivity index (χ4n) is 2.93. The summed E-state index contributed by atoms with van der Waals surface area (Å²) in [5.41, 5.74) is 0. The van der Waals surface area contributed by atoms with Gasteiger partial charge in [-0.25, -0.2) is 0 Å². The van der Waals surface area contributed by atoms with Gasteiger partial charge in [0.05, 0.1) is 0 Å². The van der Waals surface area contributed by atoms with Gasteiger partial charge in [0.15, 0.2) is 0 Å². The lowest BCUT2D eigenvalue weighted by atomic mass is 9.96. The molecule has 1 aliphatic carbocycles. The lowest BCUT2D eigenvalue weighted by Gasteiger charge is -2.40. The zero-order chi connectivity index (χ0) is 14.1. The van der Waals surface area contributed by atoms with Crippen LogP contribution in [0.25, 0.3) is 0 Å². The average Bonchev–Trinajstić information content (AvgIpc) is 2.92. The number of rotatable bonds is 6. The molecule has 0 unspecified atom stereocenters. The van der Waals surface area contributed by atoms with Crippen LogP contribution in [0.3, 0.4) is 0 Å². The molecule has 0 aliphatic heterocycles. The molecule has 4 heteroatoms. The number of halogens is 3. The second kappa shape index (κ2) is 5.81. The average molecular weight is 265 g/mol. The number of hydrogen-bond acceptors (Lipinski definition) is 1. The van der Waals surface area contributed by atoms with Crippen LogP contribution in [-0.2, 0) is 0 Å². The molecule has 1 rings (SSSR count). The van der Waals surface area contributed by atoms with Crippen molar-refractivity contribution >= 4 is 0 Å². The van der Waals surface area contributed by atoms with Gasteiger partial charge >= 0.3 is 6.18 Å². The number of nitrogens with zero attached hydrogens (tertiary/aromatic N) is 1. The van der Waals surface area contributed by atoms with Crippen LogP contribution >= 0.6 is 0 Å². The first kappa shape index (κ1) is 15.8. The van der Waals surface area contributed by atoms with Gasteiger partial charge in [-0.3, -0.25) is 4.90 Å². The van der Waals surface area contributed by atoms with Crippen LogP contribution in [0.2, 0.25) is 0 Å². The molecule has 0 aromatic carbocycles. The lowest BCUT2D eigenvalue weighted by molar-refractivity contribution is -0.203. The molecule has 0 bridgehead atoms. The highest BCUT2D eigenvalue weighted by Gasteiger charge is 2.50. The molecule has 0 radical (unpaired) electrons. The molecule has 0 aromatic rings. The van der Waals surface area contributed by atoms with Crippen molar-refractivity contribution in [3.05, 3.63) is 0 Å². The molecule has 18 heavy (non-hydrogen) atoms. The van der Waals surface area contributed by atoms with Gasteiger partial charge in [0.25, 0.3) is 0 Å². The van der Waals surface area contributed by atoms with Crippen molar-refractivity contribution in [2.24, 2.45) is 11.8 Å². The molecule has 1 aliphatic rings. The van der Waals surface area contributed by atoms with Gasteiger partial charge in [0.1, 0.15) is 6.04 Å². The van der Waals surface area contributed by atoms with Crippen molar-refractivity contribution in [2.45, 2.75) is 78.2 Å². The summed E-state index contributed by atoms with van der Waals surface area (Å²) in [6.07, 6.45) is -1.46. The second-order valence-corrected chi connectivity index (χ2v) is 6.39. The summed E-state index contributed by atoms with van der Waals surface area (Å²) in [6, 6.07) is -1.14. The Kier molecular flexibility index (Phi) is 5.10. The molecule has 2 atom stereocenters. The maximum Gasteiger partial charge on any atom is 0.404 e. The smallest absolute Gasteiger partial charge is 0.286 e. The summed E-state index contributed by atoms with van der Waals surface area (Å²) in [5, 5.41) is 0. The third-order valence-electron chi connectivity index (χ3n) is 3.58. The Balaban J connectivity index is 2.87. The molecular weight excluding hydrogens is 239 g/mol. The molecule has 1 saturated carbocycles. The molecule has 0 saturated heterocycles. The van der Waals surface area contributed by atoms with E-state index in [2.05, 4.69) is 13.8 Å². The summed E-state index contributed by atoms with van der Waals surface area (Å²) in [6.45, 7) is 9.43. The Hall–Kier alpha value is -0.250. The minimum absolute atomic E-state index is 0.00604. The van der Waals surface area contributed by atoms with Crippen LogP contribution in [0.5, 0.6) is 0 Å². The number of alkyl halides is 3. The van der Waals surface area contributed by atoms with E-state index in [4.69, 9.17) is 0 Å². The monoisotopic (exact) mass is 265 g/mol. The van der Waals surface area contributed by atoms with Crippen molar-refractivity contribution < 1.29 is 13.2 Å². The van der Waals surface area contributed by atoms with Crippen molar-refractivity contribution in [1.82, 2.24) is 4.90 Å². The summed E-state index contributed by atoms with van der Waals surface area (Å²) >= 11 is 0. The molecule has 1 fully saturated rings. The van der Waals surface area contributed by atoms with Crippen LogP contribution in [0.4, 0.5) is 13.2 Å². The van der Waals surface area contributed by atoms with Gasteiger partial charge in [-0.05, 0) is 38.0 Å². The van der Waals surface area contributed by atoms with Gasteiger partial charge < -0.3 is 0 Å². The van der Waals surface area contributed by atoms with E-state index in [0.717, 1.165) is 19.3 Å². The zero-order valence-corrected chi connectivity index (χ0v) is 12.1. The molecule has 0 heterocycles. The van der Waals surface area contributed by atoms with Crippen molar-refractivity contribution in [3.8, 4) is 0 Å². The van der Waals surface area contributed by atoms with E-state index in [1.807, 2.05) is 6.92 Å². The summed E-state index contributed by atoms with van der Waals surface area (Å²) < 4.78 is 39.8. The first-order valence-electron chi connectivity index (χ1n) is 6.98. The first-order valence-corrected chi connectivity index (χ1v) is 6.98. The minimum atomic E-state index is -4.12. The highest BCUT2D eigenvalue weighted by Crippen LogP contribution is 2.40. The molecular formula is C14H26F3N. The summed E-state index contributed by atoms with van der Waals surface area (Å²) in [7, 11) is 0. The number of hydrogen-bond donors (Lipinski definition) is 0. The SMILES string of the molecule is CC(C)C[C@@H](C)N(C1CC1)[C@H](C(C)C)C(F)(F)F. The Morgan fingerprint density at radius 3 is 1.83 bits per heavy atom. The maximum atomic E-state index is 13.3. The quantitative estimate of drug-likeness (QED) is 0.684. The van der Waals surface area contributed by atoms with Crippen molar-refractivity contribution in [3.63, 3.8) is 0 Å². The van der Waals surface area contributed by atoms with Crippen molar-refractivity contribution in [1.29, 1.82) is 0 Å². The normalized spacial score (nSPS) is 20.8. The fraction of sp³-hybridized carbons (Fsp3) is 1.00. The standard InChI is InChI=1S/C14H26F3N/c1-9(2)8-11(5)18(12-6-7-12)13(10(3)4)14(15,16)17/h9-13H,6-8H2,1-5H3/t11-,13-/m1/s1. The van der Waals surface area contributed by atoms with E-state index in [9.17, 15) is 13.2 Å². The summed E-state index contributed by atoms with van der Waals surface area (Å²) in [5.74, 6) is 0.0440. The molecule has 0 N–H and O–H groups in total. The third-order valence-corrected chi connectivity index (χ3v) is 3.58. The van der Waals surface area contributed by atoms with Crippen molar-refractivity contribution in [2.75, 3.05) is 0 Å². The minimum Gasteiger partial charge on any atom is -0.286 e. The van der Waals surface area contributed by atoms with E-state index < -0.39 is 12.2 Å². The van der Waals surface area contributed by atoms with Gasteiger partial charge in [-0.15, -0.1) is 0 Å². The van der Waals surface area contributed by atoms with Gasteiger partial charge in [-0.2, -0.15) is 13.2 Å². The highest BCUT2D eigenvalue weighted by atomic mass is 19.4. The van der Waals surface area contributed by atoms with E-state index in [-0.39, 0.29) is 18.0 Å². The highest BCUT2D eigenvalue weighted by molar-refractivity contribution is 4.95. The Labute approximate surface area is 109 Å². The van der Waals surface area contributed by atoms with Gasteiger partial charge in [0.2, 0.25) is 0 Å². The molecule has 0 aromatic heterocycles. The van der Waals surface area contributed by atoms with Crippen LogP contribution in [0.1, 0.15) is 53.9 Å². The lowest BCUT2D eigenvalue weighted by Crippen LogP contribution is -2.54. The Morgan fingerprint density at radius 1 is 1.06 bits per heavy atom. The molecule has 1 nitrogen and oxygen atoms in total. The molecule has 108 valence electrons. The van der Waals surface area contributed by atoms with E-state index >= 15 is 0 Å². The first-order chi connectivity index (χ1) is 8.14. The zero-order valence-electron chi connectivity index (χ0n) is 12.1. The van der Waals surface area contributed by atoms with Crippen LogP contribution in [0.15, 0.2) is 0 Å². The van der Waals surface area contributed by atoms with E-state index in [1.165, 1.54) is 0 Å². The fourth-order valence-corrected chi connectivity index (χ4v) is 2.93. The Bertz CT molecular complexity index is 256. The molecule has 0 spiro atoms. The second-order valence-electron chi connectivity index (χ2n) is 6.39. The topological polar surface area (TPSA) is 3.24 Å². The summed E-state index contributed by atoms with van der Waals surface area (Å²) in [4.78, 5) is 1.74. The third kappa shape index (κ3) is 4.15. The molecule has 0 amide bonds. The van der Waals surface area contributed by atoms with Crippen LogP contribution < -0.4 is 0 Å². The van der Waals surface area contributed by atoms with Crippen LogP contribution in [-0.4, -0.2) is 29.2 Å². The van der Waals surface area contributed by atoms with Gasteiger partial charge in [0, 0.05) is 12.1 Å². The van der Waals surface area contributed by atoms with Crippen LogP contribution in [0, 0.1) is 11.8 Å². The largest absolute Gasteiger partial charge is 0.404 e.